The van der Waals surface area contributed by atoms with Crippen LogP contribution < -0.4 is 0 Å². The van der Waals surface area contributed by atoms with E-state index < -0.39 is 5.92 Å². The molecule has 1 aliphatic carbocycles. The summed E-state index contributed by atoms with van der Waals surface area (Å²) in [6.45, 7) is 7.94. The highest BCUT2D eigenvalue weighted by atomic mass is 16.5. The Morgan fingerprint density at radius 3 is 2.45 bits per heavy atom. The summed E-state index contributed by atoms with van der Waals surface area (Å²) in [6, 6.07) is 9.06. The number of furan rings is 1. The molecule has 0 radical (unpaired) electrons. The van der Waals surface area contributed by atoms with Crippen LogP contribution in [0.4, 0.5) is 0 Å². The molecule has 1 aromatic carbocycles. The van der Waals surface area contributed by atoms with Gasteiger partial charge in [-0.3, -0.25) is 9.59 Å². The van der Waals surface area contributed by atoms with E-state index in [2.05, 4.69) is 19.9 Å². The van der Waals surface area contributed by atoms with E-state index in [1.54, 1.807) is 12.1 Å². The molecule has 0 N–H and O–H groups in total. The molecule has 1 saturated carbocycles. The van der Waals surface area contributed by atoms with Crippen LogP contribution in [-0.4, -0.2) is 17.9 Å². The fourth-order valence-electron chi connectivity index (χ4n) is 4.07. The lowest BCUT2D eigenvalue weighted by Gasteiger charge is -2.23. The number of esters is 1. The number of carbonyl (C=O) groups excluding carboxylic acids is 2. The van der Waals surface area contributed by atoms with Crippen molar-refractivity contribution >= 4 is 17.8 Å². The molecule has 0 bridgehead atoms. The van der Waals surface area contributed by atoms with Crippen LogP contribution in [0.25, 0.3) is 6.08 Å². The van der Waals surface area contributed by atoms with Gasteiger partial charge < -0.3 is 9.15 Å². The molecule has 3 rings (SSSR count). The zero-order valence-corrected chi connectivity index (χ0v) is 19.1. The molecule has 2 atom stereocenters. The number of ketones is 1. The van der Waals surface area contributed by atoms with E-state index in [-0.39, 0.29) is 23.6 Å². The van der Waals surface area contributed by atoms with Gasteiger partial charge in [0, 0.05) is 16.7 Å². The average molecular weight is 423 g/mol. The number of benzene rings is 1. The minimum Gasteiger partial charge on any atom is -0.462 e. The highest BCUT2D eigenvalue weighted by Gasteiger charge is 2.32. The van der Waals surface area contributed by atoms with Gasteiger partial charge in [0.25, 0.3) is 0 Å². The van der Waals surface area contributed by atoms with Crippen molar-refractivity contribution in [2.24, 2.45) is 5.92 Å². The van der Waals surface area contributed by atoms with E-state index in [0.29, 0.717) is 22.8 Å². The Balaban J connectivity index is 1.98. The van der Waals surface area contributed by atoms with Crippen molar-refractivity contribution in [1.29, 1.82) is 0 Å². The number of carbonyl (C=O) groups is 2. The molecule has 2 unspecified atom stereocenters. The van der Waals surface area contributed by atoms with Crippen molar-refractivity contribution in [1.82, 2.24) is 0 Å². The Kier molecular flexibility index (Phi) is 7.89. The van der Waals surface area contributed by atoms with Gasteiger partial charge in [0.2, 0.25) is 5.78 Å². The van der Waals surface area contributed by atoms with Crippen LogP contribution in [0.15, 0.2) is 40.8 Å². The zero-order chi connectivity index (χ0) is 22.4. The molecule has 1 aromatic heterocycles. The predicted molar refractivity (Wildman–Crippen MR) is 123 cm³/mol. The summed E-state index contributed by atoms with van der Waals surface area (Å²) in [5.41, 5.74) is 1.99. The van der Waals surface area contributed by atoms with Crippen LogP contribution in [0.3, 0.4) is 0 Å². The van der Waals surface area contributed by atoms with Crippen molar-refractivity contribution in [2.75, 3.05) is 0 Å². The second kappa shape index (κ2) is 10.6. The molecule has 1 aliphatic rings. The monoisotopic (exact) mass is 422 g/mol. The van der Waals surface area contributed by atoms with E-state index in [0.717, 1.165) is 37.7 Å². The molecule has 166 valence electrons. The lowest BCUT2D eigenvalue weighted by atomic mass is 9.92. The molecule has 1 fully saturated rings. The molecule has 1 heterocycles. The van der Waals surface area contributed by atoms with Crippen LogP contribution in [-0.2, 0) is 9.53 Å². The number of hydrogen-bond donors (Lipinski definition) is 0. The summed E-state index contributed by atoms with van der Waals surface area (Å²) in [6.07, 6.45) is 10.3. The average Bonchev–Trinajstić information content (AvgIpc) is 3.13. The second-order valence-electron chi connectivity index (χ2n) is 8.67. The molecule has 4 nitrogen and oxygen atoms in total. The maximum atomic E-state index is 13.3. The van der Waals surface area contributed by atoms with E-state index in [9.17, 15) is 9.59 Å². The SMILES string of the molecule is CCC(C)/C=C\c1c(C)oc(C(=O)c2ccccc2)c1C(C)C(=O)OC1CCCCC1. The standard InChI is InChI=1S/C27H34O4/c1-5-18(2)16-17-23-20(4)30-26(25(28)21-12-8-6-9-13-21)24(23)19(3)27(29)31-22-14-10-7-11-15-22/h6,8-9,12-13,16-19,22H,5,7,10-11,14-15H2,1-4H3/b17-16-. The Morgan fingerprint density at radius 1 is 1.13 bits per heavy atom. The van der Waals surface area contributed by atoms with Gasteiger partial charge in [-0.2, -0.15) is 0 Å². The lowest BCUT2D eigenvalue weighted by Crippen LogP contribution is -2.24. The van der Waals surface area contributed by atoms with E-state index in [4.69, 9.17) is 9.15 Å². The molecule has 0 saturated heterocycles. The van der Waals surface area contributed by atoms with Gasteiger partial charge in [-0.15, -0.1) is 0 Å². The Labute approximate surface area is 185 Å². The Bertz CT molecular complexity index is 916. The van der Waals surface area contributed by atoms with Gasteiger partial charge in [0.05, 0.1) is 5.92 Å². The normalized spacial score (nSPS) is 16.9. The number of rotatable bonds is 8. The smallest absolute Gasteiger partial charge is 0.313 e. The molecule has 4 heteroatoms. The van der Waals surface area contributed by atoms with Crippen LogP contribution in [0.1, 0.15) is 98.2 Å². The summed E-state index contributed by atoms with van der Waals surface area (Å²) < 4.78 is 11.8. The van der Waals surface area contributed by atoms with Gasteiger partial charge in [0.1, 0.15) is 11.9 Å². The molecule has 0 spiro atoms. The third-order valence-electron chi connectivity index (χ3n) is 6.27. The molecular formula is C27H34O4. The van der Waals surface area contributed by atoms with Crippen molar-refractivity contribution in [2.45, 2.75) is 78.2 Å². The largest absolute Gasteiger partial charge is 0.462 e. The lowest BCUT2D eigenvalue weighted by molar-refractivity contribution is -0.152. The molecule has 31 heavy (non-hydrogen) atoms. The zero-order valence-electron chi connectivity index (χ0n) is 19.1. The van der Waals surface area contributed by atoms with E-state index in [1.165, 1.54) is 6.42 Å². The summed E-state index contributed by atoms with van der Waals surface area (Å²) in [5.74, 6) is 0.192. The first-order valence-corrected chi connectivity index (χ1v) is 11.5. The summed E-state index contributed by atoms with van der Waals surface area (Å²) in [4.78, 5) is 26.4. The van der Waals surface area contributed by atoms with Crippen LogP contribution in [0.2, 0.25) is 0 Å². The van der Waals surface area contributed by atoms with Gasteiger partial charge >= 0.3 is 5.97 Å². The summed E-state index contributed by atoms with van der Waals surface area (Å²) in [5, 5.41) is 0. The van der Waals surface area contributed by atoms with Gasteiger partial charge in [-0.05, 0) is 45.4 Å². The van der Waals surface area contributed by atoms with Crippen molar-refractivity contribution in [3.05, 3.63) is 64.6 Å². The molecular weight excluding hydrogens is 388 g/mol. The number of hydrogen-bond acceptors (Lipinski definition) is 4. The van der Waals surface area contributed by atoms with Crippen LogP contribution in [0.5, 0.6) is 0 Å². The summed E-state index contributed by atoms with van der Waals surface area (Å²) >= 11 is 0. The highest BCUT2D eigenvalue weighted by molar-refractivity contribution is 6.09. The fourth-order valence-corrected chi connectivity index (χ4v) is 4.07. The summed E-state index contributed by atoms with van der Waals surface area (Å²) in [7, 11) is 0. The van der Waals surface area contributed by atoms with Crippen LogP contribution >= 0.6 is 0 Å². The Hall–Kier alpha value is -2.62. The van der Waals surface area contributed by atoms with Crippen molar-refractivity contribution in [3.8, 4) is 0 Å². The third-order valence-corrected chi connectivity index (χ3v) is 6.27. The third kappa shape index (κ3) is 5.55. The topological polar surface area (TPSA) is 56.5 Å². The highest BCUT2D eigenvalue weighted by Crippen LogP contribution is 2.34. The Morgan fingerprint density at radius 2 is 1.81 bits per heavy atom. The predicted octanol–water partition coefficient (Wildman–Crippen LogP) is 6.86. The molecule has 0 aliphatic heterocycles. The first kappa shape index (κ1) is 23.1. The van der Waals surface area contributed by atoms with Crippen LogP contribution in [0, 0.1) is 12.8 Å². The first-order chi connectivity index (χ1) is 14.9. The van der Waals surface area contributed by atoms with E-state index in [1.807, 2.05) is 38.1 Å². The minimum absolute atomic E-state index is 0.0240. The first-order valence-electron chi connectivity index (χ1n) is 11.5. The quantitative estimate of drug-likeness (QED) is 0.344. The van der Waals surface area contributed by atoms with Gasteiger partial charge in [0.15, 0.2) is 5.76 Å². The number of aryl methyl sites for hydroxylation is 1. The van der Waals surface area contributed by atoms with Crippen molar-refractivity contribution < 1.29 is 18.7 Å². The number of ether oxygens (including phenoxy) is 1. The maximum absolute atomic E-state index is 13.3. The maximum Gasteiger partial charge on any atom is 0.313 e. The number of allylic oxidation sites excluding steroid dienone is 1. The molecule has 2 aromatic rings. The molecule has 0 amide bonds. The van der Waals surface area contributed by atoms with E-state index >= 15 is 0 Å². The van der Waals surface area contributed by atoms with Crippen molar-refractivity contribution in [3.63, 3.8) is 0 Å². The fraction of sp³-hybridized carbons (Fsp3) is 0.481. The second-order valence-corrected chi connectivity index (χ2v) is 8.67. The van der Waals surface area contributed by atoms with Gasteiger partial charge in [-0.25, -0.2) is 0 Å². The van der Waals surface area contributed by atoms with Gasteiger partial charge in [-0.1, -0.05) is 69.2 Å². The minimum atomic E-state index is -0.585.